The minimum absolute atomic E-state index is 0.0417. The summed E-state index contributed by atoms with van der Waals surface area (Å²) in [6.07, 6.45) is 4.07. The molecule has 4 saturated heterocycles. The number of hydrogen-bond donors (Lipinski definition) is 2. The smallest absolute Gasteiger partial charge is 0.320 e. The average molecular weight is 525 g/mol. The average Bonchev–Trinajstić information content (AvgIpc) is 3.68. The first kappa shape index (κ1) is 26.5. The van der Waals surface area contributed by atoms with E-state index in [2.05, 4.69) is 15.5 Å². The van der Waals surface area contributed by atoms with E-state index < -0.39 is 6.04 Å². The van der Waals surface area contributed by atoms with Gasteiger partial charge in [-0.1, -0.05) is 6.92 Å². The molecule has 4 aliphatic heterocycles. The number of likely N-dealkylation sites (tertiary alicyclic amines) is 2. The third-order valence-electron chi connectivity index (χ3n) is 8.42. The van der Waals surface area contributed by atoms with Crippen LogP contribution in [0.5, 0.6) is 0 Å². The Morgan fingerprint density at radius 3 is 2.42 bits per heavy atom. The molecule has 0 bridgehead atoms. The molecule has 4 amide bonds. The van der Waals surface area contributed by atoms with Gasteiger partial charge >= 0.3 is 6.03 Å². The number of carbonyl (C=O) groups is 4. The van der Waals surface area contributed by atoms with E-state index in [0.29, 0.717) is 51.0 Å². The minimum Gasteiger partial charge on any atom is -0.372 e. The van der Waals surface area contributed by atoms with Crippen molar-refractivity contribution in [1.29, 1.82) is 0 Å². The number of urea groups is 1. The van der Waals surface area contributed by atoms with Crippen LogP contribution < -0.4 is 15.5 Å². The highest BCUT2D eigenvalue weighted by Crippen LogP contribution is 2.31. The molecule has 0 radical (unpaired) electrons. The molecule has 1 aromatic carbocycles. The van der Waals surface area contributed by atoms with Gasteiger partial charge in [0.1, 0.15) is 6.04 Å². The largest absolute Gasteiger partial charge is 0.372 e. The van der Waals surface area contributed by atoms with Crippen LogP contribution in [0.4, 0.5) is 10.5 Å². The van der Waals surface area contributed by atoms with E-state index in [4.69, 9.17) is 0 Å². The van der Waals surface area contributed by atoms with Crippen LogP contribution in [0.1, 0.15) is 49.4 Å². The van der Waals surface area contributed by atoms with Crippen LogP contribution in [-0.4, -0.2) is 109 Å². The Balaban J connectivity index is 1.07. The van der Waals surface area contributed by atoms with Crippen molar-refractivity contribution in [3.8, 4) is 0 Å². The van der Waals surface area contributed by atoms with Crippen molar-refractivity contribution in [2.45, 2.75) is 51.1 Å². The summed E-state index contributed by atoms with van der Waals surface area (Å²) in [7, 11) is 0. The first-order valence-corrected chi connectivity index (χ1v) is 14.1. The van der Waals surface area contributed by atoms with Crippen molar-refractivity contribution in [3.63, 3.8) is 0 Å². The molecule has 3 atom stereocenters. The van der Waals surface area contributed by atoms with E-state index in [9.17, 15) is 19.2 Å². The third-order valence-corrected chi connectivity index (χ3v) is 8.42. The third kappa shape index (κ3) is 5.65. The van der Waals surface area contributed by atoms with E-state index in [1.54, 1.807) is 14.7 Å². The number of hydrogen-bond acceptors (Lipinski definition) is 6. The molecule has 206 valence electrons. The van der Waals surface area contributed by atoms with Crippen molar-refractivity contribution in [3.05, 3.63) is 29.8 Å². The number of benzene rings is 1. The maximum Gasteiger partial charge on any atom is 0.320 e. The molecule has 0 aromatic heterocycles. The van der Waals surface area contributed by atoms with Gasteiger partial charge in [0.25, 0.3) is 5.91 Å². The molecule has 4 heterocycles. The van der Waals surface area contributed by atoms with Crippen LogP contribution in [0.2, 0.25) is 0 Å². The predicted octanol–water partition coefficient (Wildman–Crippen LogP) is 1.31. The van der Waals surface area contributed by atoms with Gasteiger partial charge in [-0.2, -0.15) is 0 Å². The second-order valence-electron chi connectivity index (χ2n) is 11.1. The van der Waals surface area contributed by atoms with E-state index in [-0.39, 0.29) is 42.1 Å². The van der Waals surface area contributed by atoms with Crippen molar-refractivity contribution >= 4 is 29.3 Å². The van der Waals surface area contributed by atoms with E-state index in [1.165, 1.54) is 12.8 Å². The van der Waals surface area contributed by atoms with Gasteiger partial charge in [0.05, 0.1) is 12.6 Å². The number of Topliss-reactive ketones (excluding diaryl/α,β-unsaturated/α-hetero) is 1. The van der Waals surface area contributed by atoms with Gasteiger partial charge in [0.15, 0.2) is 5.78 Å². The van der Waals surface area contributed by atoms with Crippen LogP contribution in [0.25, 0.3) is 0 Å². The molecule has 4 aliphatic rings. The van der Waals surface area contributed by atoms with Gasteiger partial charge in [0.2, 0.25) is 5.91 Å². The number of fused-ring (bicyclic) bond motifs is 1. The highest BCUT2D eigenvalue weighted by Gasteiger charge is 2.52. The Labute approximate surface area is 224 Å². The Bertz CT molecular complexity index is 1030. The van der Waals surface area contributed by atoms with Crippen LogP contribution in [0.3, 0.4) is 0 Å². The lowest BCUT2D eigenvalue weighted by molar-refractivity contribution is -0.137. The second kappa shape index (κ2) is 11.7. The summed E-state index contributed by atoms with van der Waals surface area (Å²) in [6.45, 7) is 8.02. The molecule has 38 heavy (non-hydrogen) atoms. The van der Waals surface area contributed by atoms with Gasteiger partial charge in [-0.05, 0) is 55.9 Å². The zero-order valence-electron chi connectivity index (χ0n) is 22.4. The Morgan fingerprint density at radius 1 is 1.00 bits per heavy atom. The normalized spacial score (nSPS) is 24.1. The summed E-state index contributed by atoms with van der Waals surface area (Å²) < 4.78 is 0. The number of amides is 4. The molecule has 0 aliphatic carbocycles. The predicted molar refractivity (Wildman–Crippen MR) is 144 cm³/mol. The molecule has 0 spiro atoms. The highest BCUT2D eigenvalue weighted by molar-refractivity contribution is 5.97. The van der Waals surface area contributed by atoms with Gasteiger partial charge in [0, 0.05) is 70.0 Å². The lowest BCUT2D eigenvalue weighted by atomic mass is 10.0. The fourth-order valence-electron chi connectivity index (χ4n) is 6.25. The monoisotopic (exact) mass is 524 g/mol. The van der Waals surface area contributed by atoms with Gasteiger partial charge in [-0.15, -0.1) is 0 Å². The molecular formula is C28H40N6O4. The Kier molecular flexibility index (Phi) is 8.16. The van der Waals surface area contributed by atoms with Gasteiger partial charge in [-0.25, -0.2) is 4.79 Å². The Hall–Kier alpha value is -3.14. The van der Waals surface area contributed by atoms with Crippen LogP contribution in [0.15, 0.2) is 24.3 Å². The van der Waals surface area contributed by atoms with Crippen molar-refractivity contribution in [2.75, 3.05) is 63.8 Å². The fraction of sp³-hybridized carbons (Fsp3) is 0.643. The zero-order valence-corrected chi connectivity index (χ0v) is 22.4. The van der Waals surface area contributed by atoms with Crippen LogP contribution in [-0.2, 0) is 9.59 Å². The SMILES string of the molecule is CC(CCNC(=O)c1ccc(N2CCCC2)cc1)CC(=O)N1CCC2C1C(=O)CN2C(=O)N1CCNCC1. The molecule has 1 aromatic rings. The molecule has 2 N–H and O–H groups in total. The highest BCUT2D eigenvalue weighted by atomic mass is 16.2. The van der Waals surface area contributed by atoms with Crippen molar-refractivity contribution < 1.29 is 19.2 Å². The summed E-state index contributed by atoms with van der Waals surface area (Å²) in [5.74, 6) is -0.127. The maximum absolute atomic E-state index is 13.1. The lowest BCUT2D eigenvalue weighted by Gasteiger charge is -2.33. The minimum atomic E-state index is -0.523. The molecule has 4 fully saturated rings. The first-order chi connectivity index (χ1) is 18.4. The molecule has 0 saturated carbocycles. The number of piperazine rings is 1. The molecule has 3 unspecified atom stereocenters. The van der Waals surface area contributed by atoms with Crippen LogP contribution in [0, 0.1) is 5.92 Å². The lowest BCUT2D eigenvalue weighted by Crippen LogP contribution is -2.53. The molecule has 5 rings (SSSR count). The summed E-state index contributed by atoms with van der Waals surface area (Å²) >= 11 is 0. The summed E-state index contributed by atoms with van der Waals surface area (Å²) in [5, 5.41) is 6.21. The summed E-state index contributed by atoms with van der Waals surface area (Å²) in [5.41, 5.74) is 1.80. The van der Waals surface area contributed by atoms with E-state index in [0.717, 1.165) is 31.9 Å². The zero-order chi connectivity index (χ0) is 26.6. The number of anilines is 1. The quantitative estimate of drug-likeness (QED) is 0.557. The number of ketones is 1. The first-order valence-electron chi connectivity index (χ1n) is 14.1. The Morgan fingerprint density at radius 2 is 1.71 bits per heavy atom. The topological polar surface area (TPSA) is 105 Å². The number of rotatable bonds is 7. The van der Waals surface area contributed by atoms with Crippen LogP contribution >= 0.6 is 0 Å². The molecule has 10 heteroatoms. The van der Waals surface area contributed by atoms with Crippen molar-refractivity contribution in [1.82, 2.24) is 25.3 Å². The maximum atomic E-state index is 13.1. The van der Waals surface area contributed by atoms with Gasteiger partial charge < -0.3 is 30.2 Å². The summed E-state index contributed by atoms with van der Waals surface area (Å²) in [4.78, 5) is 59.1. The number of carbonyl (C=O) groups excluding carboxylic acids is 4. The van der Waals surface area contributed by atoms with Crippen molar-refractivity contribution in [2.24, 2.45) is 5.92 Å². The second-order valence-corrected chi connectivity index (χ2v) is 11.1. The molecular weight excluding hydrogens is 484 g/mol. The van der Waals surface area contributed by atoms with E-state index >= 15 is 0 Å². The fourth-order valence-corrected chi connectivity index (χ4v) is 6.25. The van der Waals surface area contributed by atoms with E-state index in [1.807, 2.05) is 31.2 Å². The summed E-state index contributed by atoms with van der Waals surface area (Å²) in [6, 6.07) is 6.92. The standard InChI is InChI=1S/C28H40N6O4/c1-20(8-10-30-27(37)21-4-6-22(7-5-21)31-13-2-3-14-31)18-25(36)33-15-9-23-26(33)24(35)19-34(23)28(38)32-16-11-29-12-17-32/h4-7,20,23,26,29H,2-3,8-19H2,1H3,(H,30,37). The molecule has 10 nitrogen and oxygen atoms in total. The number of nitrogens with zero attached hydrogens (tertiary/aromatic N) is 4. The number of nitrogens with one attached hydrogen (secondary N) is 2. The van der Waals surface area contributed by atoms with Gasteiger partial charge in [-0.3, -0.25) is 14.4 Å².